The van der Waals surface area contributed by atoms with Crippen LogP contribution in [0.2, 0.25) is 5.02 Å². The van der Waals surface area contributed by atoms with Crippen molar-refractivity contribution >= 4 is 39.1 Å². The van der Waals surface area contributed by atoms with Crippen molar-refractivity contribution in [1.29, 1.82) is 0 Å². The van der Waals surface area contributed by atoms with Crippen molar-refractivity contribution < 1.29 is 22.7 Å². The fraction of sp³-hybridized carbons (Fsp3) is 0.440. The lowest BCUT2D eigenvalue weighted by molar-refractivity contribution is -0.140. The highest BCUT2D eigenvalue weighted by molar-refractivity contribution is 7.92. The number of carbonyl (C=O) groups excluding carboxylic acids is 2. The van der Waals surface area contributed by atoms with Gasteiger partial charge in [0, 0.05) is 36.6 Å². The molecule has 0 aliphatic heterocycles. The van der Waals surface area contributed by atoms with Crippen molar-refractivity contribution in [3.05, 3.63) is 59.1 Å². The van der Waals surface area contributed by atoms with E-state index in [1.54, 1.807) is 43.3 Å². The van der Waals surface area contributed by atoms with E-state index in [-0.39, 0.29) is 43.8 Å². The Kier molecular flexibility index (Phi) is 10.4. The van der Waals surface area contributed by atoms with Gasteiger partial charge in [-0.05, 0) is 51.0 Å². The van der Waals surface area contributed by atoms with Crippen molar-refractivity contribution in [3.8, 4) is 5.75 Å². The summed E-state index contributed by atoms with van der Waals surface area (Å²) in [5.74, 6) is -0.00639. The summed E-state index contributed by atoms with van der Waals surface area (Å²) < 4.78 is 31.3. The zero-order valence-corrected chi connectivity index (χ0v) is 22.4. The fourth-order valence-electron chi connectivity index (χ4n) is 3.57. The number of anilines is 1. The number of halogens is 1. The minimum atomic E-state index is -3.59. The molecule has 2 aromatic rings. The maximum Gasteiger partial charge on any atom is 0.242 e. The number of nitrogens with one attached hydrogen (secondary N) is 1. The first-order valence-electron chi connectivity index (χ1n) is 11.4. The highest BCUT2D eigenvalue weighted by Gasteiger charge is 2.27. The Labute approximate surface area is 213 Å². The number of amides is 2. The van der Waals surface area contributed by atoms with E-state index >= 15 is 0 Å². The lowest BCUT2D eigenvalue weighted by Gasteiger charge is -2.30. The van der Waals surface area contributed by atoms with Gasteiger partial charge in [-0.1, -0.05) is 35.9 Å². The molecule has 2 rings (SSSR count). The van der Waals surface area contributed by atoms with E-state index in [2.05, 4.69) is 5.32 Å². The van der Waals surface area contributed by atoms with Crippen LogP contribution in [-0.4, -0.2) is 57.1 Å². The second kappa shape index (κ2) is 12.8. The average Bonchev–Trinajstić information content (AvgIpc) is 2.79. The van der Waals surface area contributed by atoms with Gasteiger partial charge in [-0.15, -0.1) is 0 Å². The summed E-state index contributed by atoms with van der Waals surface area (Å²) in [5, 5.41) is 3.34. The van der Waals surface area contributed by atoms with E-state index in [1.807, 2.05) is 26.0 Å². The molecule has 0 spiro atoms. The van der Waals surface area contributed by atoms with E-state index in [4.69, 9.17) is 16.3 Å². The Bertz CT molecular complexity index is 1120. The van der Waals surface area contributed by atoms with E-state index in [1.165, 1.54) is 16.3 Å². The van der Waals surface area contributed by atoms with E-state index in [9.17, 15) is 18.0 Å². The lowest BCUT2D eigenvalue weighted by atomic mass is 10.1. The zero-order valence-electron chi connectivity index (χ0n) is 20.8. The van der Waals surface area contributed by atoms with E-state index in [0.717, 1.165) is 11.8 Å². The molecule has 0 aromatic heterocycles. The number of sulfonamides is 1. The minimum Gasteiger partial charge on any atom is -0.497 e. The van der Waals surface area contributed by atoms with Crippen LogP contribution in [0.5, 0.6) is 5.75 Å². The molecule has 0 bridgehead atoms. The molecule has 8 nitrogen and oxygen atoms in total. The topological polar surface area (TPSA) is 96.0 Å². The van der Waals surface area contributed by atoms with Crippen molar-refractivity contribution in [3.63, 3.8) is 0 Å². The van der Waals surface area contributed by atoms with Crippen molar-refractivity contribution in [2.45, 2.75) is 52.2 Å². The van der Waals surface area contributed by atoms with Crippen molar-refractivity contribution in [2.75, 3.05) is 24.2 Å². The summed E-state index contributed by atoms with van der Waals surface area (Å²) in [6, 6.07) is 13.1. The summed E-state index contributed by atoms with van der Waals surface area (Å²) in [7, 11) is -2.08. The Hall–Kier alpha value is -2.78. The lowest BCUT2D eigenvalue weighted by Crippen LogP contribution is -2.49. The highest BCUT2D eigenvalue weighted by Crippen LogP contribution is 2.24. The Morgan fingerprint density at radius 1 is 1.09 bits per heavy atom. The third-order valence-corrected chi connectivity index (χ3v) is 6.95. The van der Waals surface area contributed by atoms with Gasteiger partial charge in [-0.2, -0.15) is 0 Å². The molecular formula is C25H34ClN3O5S. The fourth-order valence-corrected chi connectivity index (χ4v) is 4.72. The molecule has 0 fully saturated rings. The number of carbonyl (C=O) groups is 2. The van der Waals surface area contributed by atoms with Crippen LogP contribution >= 0.6 is 11.6 Å². The molecule has 2 amide bonds. The molecule has 0 heterocycles. The van der Waals surface area contributed by atoms with Crippen LogP contribution in [0.15, 0.2) is 48.5 Å². The molecule has 0 unspecified atom stereocenters. The van der Waals surface area contributed by atoms with Gasteiger partial charge in [0.15, 0.2) is 0 Å². The van der Waals surface area contributed by atoms with Crippen LogP contribution in [0.25, 0.3) is 0 Å². The SMILES string of the molecule is COc1cccc(N(CCCC(=O)N(Cc2ccccc2Cl)[C@H](C)C(=O)NC(C)C)S(C)(=O)=O)c1. The quantitative estimate of drug-likeness (QED) is 0.456. The molecule has 35 heavy (non-hydrogen) atoms. The number of hydrogen-bond donors (Lipinski definition) is 1. The van der Waals surface area contributed by atoms with Gasteiger partial charge in [0.2, 0.25) is 21.8 Å². The summed E-state index contributed by atoms with van der Waals surface area (Å²) in [6.45, 7) is 5.64. The van der Waals surface area contributed by atoms with Crippen LogP contribution < -0.4 is 14.4 Å². The van der Waals surface area contributed by atoms with Crippen LogP contribution in [0.1, 0.15) is 39.2 Å². The summed E-state index contributed by atoms with van der Waals surface area (Å²) in [5.41, 5.74) is 1.18. The minimum absolute atomic E-state index is 0.0553. The Balaban J connectivity index is 2.19. The van der Waals surface area contributed by atoms with Crippen LogP contribution in [0.3, 0.4) is 0 Å². The van der Waals surface area contributed by atoms with Gasteiger partial charge in [0.1, 0.15) is 11.8 Å². The molecule has 0 aliphatic carbocycles. The van der Waals surface area contributed by atoms with Gasteiger partial charge in [0.05, 0.1) is 19.1 Å². The third-order valence-electron chi connectivity index (χ3n) is 5.39. The van der Waals surface area contributed by atoms with E-state index < -0.39 is 16.1 Å². The second-order valence-corrected chi connectivity index (χ2v) is 10.9. The third kappa shape index (κ3) is 8.43. The summed E-state index contributed by atoms with van der Waals surface area (Å²) in [6.07, 6.45) is 1.44. The smallest absolute Gasteiger partial charge is 0.242 e. The number of hydrogen-bond acceptors (Lipinski definition) is 5. The zero-order chi connectivity index (χ0) is 26.2. The summed E-state index contributed by atoms with van der Waals surface area (Å²) in [4.78, 5) is 27.5. The first-order chi connectivity index (χ1) is 16.4. The van der Waals surface area contributed by atoms with Gasteiger partial charge >= 0.3 is 0 Å². The van der Waals surface area contributed by atoms with Gasteiger partial charge < -0.3 is 15.0 Å². The monoisotopic (exact) mass is 523 g/mol. The molecule has 10 heteroatoms. The molecule has 0 saturated heterocycles. The second-order valence-electron chi connectivity index (χ2n) is 8.59. The predicted molar refractivity (Wildman–Crippen MR) is 139 cm³/mol. The predicted octanol–water partition coefficient (Wildman–Crippen LogP) is 3.84. The molecule has 2 aromatic carbocycles. The largest absolute Gasteiger partial charge is 0.497 e. The first-order valence-corrected chi connectivity index (χ1v) is 13.6. The molecule has 0 radical (unpaired) electrons. The molecule has 192 valence electrons. The standard InChI is InChI=1S/C25H34ClN3O5S/c1-18(2)27-25(31)19(3)28(17-20-10-6-7-13-23(20)26)24(30)14-9-15-29(35(5,32)33)21-11-8-12-22(16-21)34-4/h6-8,10-13,16,18-19H,9,14-15,17H2,1-5H3,(H,27,31)/t19-/m1/s1. The molecule has 0 saturated carbocycles. The van der Waals surface area contributed by atoms with Crippen molar-refractivity contribution in [1.82, 2.24) is 10.2 Å². The number of methoxy groups -OCH3 is 1. The number of benzene rings is 2. The maximum absolute atomic E-state index is 13.3. The highest BCUT2D eigenvalue weighted by atomic mass is 35.5. The Morgan fingerprint density at radius 3 is 2.37 bits per heavy atom. The molecule has 1 N–H and O–H groups in total. The maximum atomic E-state index is 13.3. The molecule has 1 atom stereocenters. The number of nitrogens with zero attached hydrogens (tertiary/aromatic N) is 2. The van der Waals surface area contributed by atoms with Gasteiger partial charge in [-0.25, -0.2) is 8.42 Å². The van der Waals surface area contributed by atoms with Crippen LogP contribution in [0.4, 0.5) is 5.69 Å². The van der Waals surface area contributed by atoms with Gasteiger partial charge in [0.25, 0.3) is 0 Å². The van der Waals surface area contributed by atoms with Gasteiger partial charge in [-0.3, -0.25) is 13.9 Å². The first kappa shape index (κ1) is 28.5. The number of rotatable bonds is 12. The number of ether oxygens (including phenoxy) is 1. The van der Waals surface area contributed by atoms with E-state index in [0.29, 0.717) is 16.5 Å². The van der Waals surface area contributed by atoms with Crippen molar-refractivity contribution in [2.24, 2.45) is 0 Å². The molecule has 0 aliphatic rings. The van der Waals surface area contributed by atoms with Crippen LogP contribution in [0, 0.1) is 0 Å². The Morgan fingerprint density at radius 2 is 1.77 bits per heavy atom. The summed E-state index contributed by atoms with van der Waals surface area (Å²) >= 11 is 6.31. The van der Waals surface area contributed by atoms with Crippen LogP contribution in [-0.2, 0) is 26.2 Å². The molecular weight excluding hydrogens is 490 g/mol. The average molecular weight is 524 g/mol. The normalized spacial score (nSPS) is 12.2.